The molecule has 1 amide bonds. The van der Waals surface area contributed by atoms with E-state index in [9.17, 15) is 53.5 Å². The Morgan fingerprint density at radius 1 is 0.844 bits per heavy atom. The van der Waals surface area contributed by atoms with Crippen LogP contribution in [0.4, 0.5) is 43.9 Å². The molecule has 0 spiro atoms. The number of ether oxygens (including phenoxy) is 3. The summed E-state index contributed by atoms with van der Waals surface area (Å²) in [4.78, 5) is 26.2. The number of amides is 1. The molecule has 0 unspecified atom stereocenters. The van der Waals surface area contributed by atoms with Crippen LogP contribution in [-0.4, -0.2) is 37.6 Å². The molecule has 0 saturated carbocycles. The maximum atomic E-state index is 14.9. The van der Waals surface area contributed by atoms with Gasteiger partial charge in [0.1, 0.15) is 22.9 Å². The predicted octanol–water partition coefficient (Wildman–Crippen LogP) is 7.38. The van der Waals surface area contributed by atoms with Gasteiger partial charge in [0.05, 0.1) is 25.2 Å². The molecule has 0 aromatic heterocycles. The SMILES string of the molecule is COC(=O)C[C@](NC(=O)c1ccc(F)c(C(F)(F)F)c1)(c1cc(F)cc(OC(F)(F)C(F)F)c1)c1ccc(F)c(OC(C)C)c1. The van der Waals surface area contributed by atoms with Gasteiger partial charge in [0.15, 0.2) is 11.6 Å². The number of halogens is 10. The van der Waals surface area contributed by atoms with E-state index < -0.39 is 94.3 Å². The lowest BCUT2D eigenvalue weighted by molar-refractivity contribution is -0.253. The third-order valence-electron chi connectivity index (χ3n) is 6.16. The van der Waals surface area contributed by atoms with Gasteiger partial charge in [-0.2, -0.15) is 30.7 Å². The summed E-state index contributed by atoms with van der Waals surface area (Å²) in [6, 6.07) is 5.13. The first-order valence-corrected chi connectivity index (χ1v) is 12.7. The quantitative estimate of drug-likeness (QED) is 0.172. The van der Waals surface area contributed by atoms with Crippen LogP contribution in [0.15, 0.2) is 54.6 Å². The van der Waals surface area contributed by atoms with Crippen molar-refractivity contribution in [3.63, 3.8) is 0 Å². The molecule has 3 aromatic rings. The number of rotatable bonds is 11. The van der Waals surface area contributed by atoms with Crippen LogP contribution in [0.2, 0.25) is 0 Å². The molecular formula is C29H23F10NO5. The summed E-state index contributed by atoms with van der Waals surface area (Å²) < 4.78 is 151. The third kappa shape index (κ3) is 8.16. The standard InChI is InChI=1S/C29H23F10NO5/c1-14(2)44-23-11-16(5-7-22(23)32)27(13-24(41)43-3,17-9-18(30)12-19(10-17)45-29(38,39)26(33)34)40-25(42)15-4-6-21(31)20(8-15)28(35,36)37/h4-12,14,26H,13H2,1-3H3,(H,40,42)/t27-/m1/s1. The molecule has 1 N–H and O–H groups in total. The number of esters is 1. The topological polar surface area (TPSA) is 73.9 Å². The average Bonchev–Trinajstić information content (AvgIpc) is 2.92. The van der Waals surface area contributed by atoms with Crippen LogP contribution in [0.3, 0.4) is 0 Å². The van der Waals surface area contributed by atoms with Crippen molar-refractivity contribution >= 4 is 11.9 Å². The van der Waals surface area contributed by atoms with E-state index in [0.29, 0.717) is 24.3 Å². The van der Waals surface area contributed by atoms with Crippen molar-refractivity contribution in [2.24, 2.45) is 0 Å². The van der Waals surface area contributed by atoms with Crippen LogP contribution in [0.5, 0.6) is 11.5 Å². The van der Waals surface area contributed by atoms with Gasteiger partial charge in [0.25, 0.3) is 5.91 Å². The summed E-state index contributed by atoms with van der Waals surface area (Å²) >= 11 is 0. The summed E-state index contributed by atoms with van der Waals surface area (Å²) in [5.74, 6) is -8.49. The highest BCUT2D eigenvalue weighted by molar-refractivity contribution is 5.96. The van der Waals surface area contributed by atoms with E-state index in [-0.39, 0.29) is 17.7 Å². The summed E-state index contributed by atoms with van der Waals surface area (Å²) in [6.07, 6.45) is -16.5. The number of hydrogen-bond donors (Lipinski definition) is 1. The van der Waals surface area contributed by atoms with Gasteiger partial charge in [-0.3, -0.25) is 9.59 Å². The molecule has 0 saturated heterocycles. The molecule has 0 aliphatic rings. The van der Waals surface area contributed by atoms with Gasteiger partial charge in [0, 0.05) is 11.6 Å². The molecular weight excluding hydrogens is 632 g/mol. The molecule has 6 nitrogen and oxygen atoms in total. The number of methoxy groups -OCH3 is 1. The van der Waals surface area contributed by atoms with Gasteiger partial charge < -0.3 is 19.5 Å². The van der Waals surface area contributed by atoms with Gasteiger partial charge in [-0.25, -0.2) is 13.2 Å². The molecule has 0 heterocycles. The van der Waals surface area contributed by atoms with Crippen molar-refractivity contribution < 1.29 is 67.7 Å². The van der Waals surface area contributed by atoms with Gasteiger partial charge in [-0.1, -0.05) is 6.07 Å². The molecule has 0 aliphatic heterocycles. The number of nitrogens with one attached hydrogen (secondary N) is 1. The Labute approximate surface area is 248 Å². The molecule has 16 heteroatoms. The fourth-order valence-electron chi connectivity index (χ4n) is 4.18. The van der Waals surface area contributed by atoms with Gasteiger partial charge in [-0.05, 0) is 67.4 Å². The van der Waals surface area contributed by atoms with E-state index in [1.165, 1.54) is 13.8 Å². The van der Waals surface area contributed by atoms with Crippen molar-refractivity contribution in [3.05, 3.63) is 94.3 Å². The first-order chi connectivity index (χ1) is 20.8. The Balaban J connectivity index is 2.36. The second kappa shape index (κ2) is 13.2. The van der Waals surface area contributed by atoms with Crippen molar-refractivity contribution in [2.75, 3.05) is 7.11 Å². The zero-order valence-electron chi connectivity index (χ0n) is 23.4. The van der Waals surface area contributed by atoms with Crippen molar-refractivity contribution in [1.82, 2.24) is 5.32 Å². The van der Waals surface area contributed by atoms with Crippen LogP contribution in [-0.2, 0) is 21.2 Å². The number of hydrogen-bond acceptors (Lipinski definition) is 5. The molecule has 1 atom stereocenters. The second-order valence-corrected chi connectivity index (χ2v) is 9.76. The van der Waals surface area contributed by atoms with Crippen molar-refractivity contribution in [1.29, 1.82) is 0 Å². The smallest absolute Gasteiger partial charge is 0.461 e. The normalized spacial score (nSPS) is 13.4. The van der Waals surface area contributed by atoms with Gasteiger partial charge in [-0.15, -0.1) is 0 Å². The van der Waals surface area contributed by atoms with Crippen LogP contribution in [0, 0.1) is 17.5 Å². The zero-order chi connectivity index (χ0) is 33.9. The Morgan fingerprint density at radius 3 is 2.07 bits per heavy atom. The minimum atomic E-state index is -5.26. The predicted molar refractivity (Wildman–Crippen MR) is 136 cm³/mol. The molecule has 45 heavy (non-hydrogen) atoms. The fraction of sp³-hybridized carbons (Fsp3) is 0.310. The minimum Gasteiger partial charge on any atom is -0.488 e. The summed E-state index contributed by atoms with van der Waals surface area (Å²) in [6.45, 7) is 3.00. The van der Waals surface area contributed by atoms with Crippen LogP contribution in [0.25, 0.3) is 0 Å². The minimum absolute atomic E-state index is 0.134. The van der Waals surface area contributed by atoms with E-state index in [1.54, 1.807) is 0 Å². The summed E-state index contributed by atoms with van der Waals surface area (Å²) in [5.41, 5.74) is -6.22. The first kappa shape index (κ1) is 35.0. The highest BCUT2D eigenvalue weighted by atomic mass is 19.4. The molecule has 0 fully saturated rings. The Morgan fingerprint density at radius 2 is 1.49 bits per heavy atom. The molecule has 3 aromatic carbocycles. The van der Waals surface area contributed by atoms with Crippen molar-refractivity contribution in [2.45, 2.75) is 50.6 Å². The average molecular weight is 655 g/mol. The highest BCUT2D eigenvalue weighted by Gasteiger charge is 2.45. The largest absolute Gasteiger partial charge is 0.488 e. The van der Waals surface area contributed by atoms with E-state index >= 15 is 0 Å². The molecule has 0 aliphatic carbocycles. The Bertz CT molecular complexity index is 1560. The first-order valence-electron chi connectivity index (χ1n) is 12.7. The number of carbonyl (C=O) groups excluding carboxylic acids is 2. The lowest BCUT2D eigenvalue weighted by Gasteiger charge is -2.36. The molecule has 244 valence electrons. The van der Waals surface area contributed by atoms with E-state index in [4.69, 9.17) is 4.74 Å². The van der Waals surface area contributed by atoms with E-state index in [0.717, 1.165) is 25.3 Å². The van der Waals surface area contributed by atoms with Gasteiger partial charge in [0.2, 0.25) is 0 Å². The fourth-order valence-corrected chi connectivity index (χ4v) is 4.18. The van der Waals surface area contributed by atoms with Crippen molar-refractivity contribution in [3.8, 4) is 11.5 Å². The van der Waals surface area contributed by atoms with Crippen LogP contribution >= 0.6 is 0 Å². The molecule has 3 rings (SSSR count). The highest BCUT2D eigenvalue weighted by Crippen LogP contribution is 2.40. The zero-order valence-corrected chi connectivity index (χ0v) is 23.4. The second-order valence-electron chi connectivity index (χ2n) is 9.76. The lowest BCUT2D eigenvalue weighted by atomic mass is 9.79. The number of alkyl halides is 7. The maximum Gasteiger partial charge on any atom is 0.461 e. The molecule has 0 bridgehead atoms. The third-order valence-corrected chi connectivity index (χ3v) is 6.16. The molecule has 0 radical (unpaired) electrons. The van der Waals surface area contributed by atoms with Crippen LogP contribution < -0.4 is 14.8 Å². The Kier molecular flexibility index (Phi) is 10.3. The van der Waals surface area contributed by atoms with Gasteiger partial charge >= 0.3 is 24.7 Å². The number of benzene rings is 3. The Hall–Kier alpha value is -4.50. The van der Waals surface area contributed by atoms with E-state index in [2.05, 4.69) is 14.8 Å². The summed E-state index contributed by atoms with van der Waals surface area (Å²) in [5, 5.41) is 2.22. The number of carbonyl (C=O) groups is 2. The summed E-state index contributed by atoms with van der Waals surface area (Å²) in [7, 11) is 0.881. The lowest BCUT2D eigenvalue weighted by Crippen LogP contribution is -2.48. The maximum absolute atomic E-state index is 14.9. The van der Waals surface area contributed by atoms with Crippen LogP contribution in [0.1, 0.15) is 47.3 Å². The van der Waals surface area contributed by atoms with E-state index in [1.807, 2.05) is 0 Å². The monoisotopic (exact) mass is 655 g/mol.